The van der Waals surface area contributed by atoms with Crippen molar-refractivity contribution in [2.24, 2.45) is 11.8 Å². The number of ether oxygens (including phenoxy) is 1. The number of rotatable bonds is 19. The van der Waals surface area contributed by atoms with Gasteiger partial charge in [-0.3, -0.25) is 29.0 Å². The Labute approximate surface area is 306 Å². The van der Waals surface area contributed by atoms with E-state index in [1.165, 1.54) is 18.7 Å². The topological polar surface area (TPSA) is 184 Å². The smallest absolute Gasteiger partial charge is 0.383 e. The summed E-state index contributed by atoms with van der Waals surface area (Å²) in [5.41, 5.74) is 0.955. The van der Waals surface area contributed by atoms with Crippen molar-refractivity contribution in [2.75, 3.05) is 6.61 Å². The van der Waals surface area contributed by atoms with Crippen molar-refractivity contribution < 1.29 is 37.5 Å². The lowest BCUT2D eigenvalue weighted by Gasteiger charge is -2.28. The molecule has 2 aromatic heterocycles. The molecule has 0 radical (unpaired) electrons. The Morgan fingerprint density at radius 1 is 0.887 bits per heavy atom. The van der Waals surface area contributed by atoms with E-state index in [1.54, 1.807) is 58.0 Å². The number of aromatic nitrogens is 3. The van der Waals surface area contributed by atoms with E-state index in [0.29, 0.717) is 23.6 Å². The van der Waals surface area contributed by atoms with E-state index in [-0.39, 0.29) is 25.3 Å². The molecule has 4 rings (SSSR count). The molecule has 2 aromatic carbocycles. The minimum atomic E-state index is -4.63. The van der Waals surface area contributed by atoms with Crippen LogP contribution < -0.4 is 26.0 Å². The average Bonchev–Trinajstić information content (AvgIpc) is 3.67. The summed E-state index contributed by atoms with van der Waals surface area (Å²) in [7, 11) is 0. The van der Waals surface area contributed by atoms with E-state index in [4.69, 9.17) is 4.74 Å². The lowest BCUT2D eigenvalue weighted by atomic mass is 9.94. The van der Waals surface area contributed by atoms with E-state index >= 15 is 8.78 Å². The second-order valence-corrected chi connectivity index (χ2v) is 13.2. The molecule has 5 N–H and O–H groups in total. The molecular weight excluding hydrogens is 688 g/mol. The van der Waals surface area contributed by atoms with Crippen molar-refractivity contribution in [2.45, 2.75) is 77.6 Å². The van der Waals surface area contributed by atoms with Gasteiger partial charge in [-0.1, -0.05) is 76.6 Å². The molecule has 2 heterocycles. The number of pyridine rings is 1. The van der Waals surface area contributed by atoms with Gasteiger partial charge in [0.25, 0.3) is 11.8 Å². The Kier molecular flexibility index (Phi) is 14.1. The fourth-order valence-corrected chi connectivity index (χ4v) is 5.56. The first-order valence-corrected chi connectivity index (χ1v) is 17.4. The third-order valence-corrected chi connectivity index (χ3v) is 8.63. The van der Waals surface area contributed by atoms with Crippen LogP contribution in [0, 0.1) is 11.8 Å². The van der Waals surface area contributed by atoms with Gasteiger partial charge in [0.15, 0.2) is 6.61 Å². The van der Waals surface area contributed by atoms with Gasteiger partial charge in [-0.15, -0.1) is 0 Å². The summed E-state index contributed by atoms with van der Waals surface area (Å²) in [6, 6.07) is 13.3. The van der Waals surface area contributed by atoms with Crippen molar-refractivity contribution >= 4 is 40.2 Å². The molecule has 53 heavy (non-hydrogen) atoms. The lowest BCUT2D eigenvalue weighted by Crippen LogP contribution is -2.60. The van der Waals surface area contributed by atoms with Crippen LogP contribution in [0.4, 0.5) is 8.78 Å². The monoisotopic (exact) mass is 733 g/mol. The van der Waals surface area contributed by atoms with Gasteiger partial charge in [0.1, 0.15) is 17.8 Å². The van der Waals surface area contributed by atoms with Crippen LogP contribution >= 0.6 is 0 Å². The van der Waals surface area contributed by atoms with Gasteiger partial charge in [0.05, 0.1) is 24.6 Å². The molecule has 0 spiro atoms. The number of halogens is 2. The van der Waals surface area contributed by atoms with Crippen LogP contribution in [0.3, 0.4) is 0 Å². The zero-order chi connectivity index (χ0) is 38.5. The normalized spacial score (nSPS) is 13.7. The zero-order valence-corrected chi connectivity index (χ0v) is 30.0. The van der Waals surface area contributed by atoms with Crippen molar-refractivity contribution in [1.82, 2.24) is 36.2 Å². The Balaban J connectivity index is 1.47. The van der Waals surface area contributed by atoms with Crippen LogP contribution in [0.5, 0.6) is 5.75 Å². The number of amides is 4. The molecular formula is C38H45F2N7O6. The highest BCUT2D eigenvalue weighted by molar-refractivity contribution is 6.11. The van der Waals surface area contributed by atoms with Gasteiger partial charge in [-0.2, -0.15) is 8.78 Å². The Morgan fingerprint density at radius 2 is 1.62 bits per heavy atom. The molecule has 4 amide bonds. The fraction of sp³-hybridized carbons (Fsp3) is 0.395. The summed E-state index contributed by atoms with van der Waals surface area (Å²) in [6.45, 7) is 6.16. The SMILES string of the molecule is CC[C@H](C)[C@H](NC(=O)C(F)(F)C(=O)[C@H](CC(C)C)NC(=O)[C@H](Cc1cnc[nH]1)NC(=O)COc1cccc2ccccc12)C(=O)NCc1ccccn1. The number of benzene rings is 2. The van der Waals surface area contributed by atoms with Crippen LogP contribution in [0.1, 0.15) is 51.9 Å². The molecule has 282 valence electrons. The lowest BCUT2D eigenvalue weighted by molar-refractivity contribution is -0.162. The maximum Gasteiger partial charge on any atom is 0.383 e. The second-order valence-electron chi connectivity index (χ2n) is 13.2. The second kappa shape index (κ2) is 18.7. The third-order valence-electron chi connectivity index (χ3n) is 8.63. The van der Waals surface area contributed by atoms with E-state index in [2.05, 4.69) is 36.2 Å². The molecule has 0 unspecified atom stereocenters. The highest BCUT2D eigenvalue weighted by atomic mass is 19.3. The molecule has 4 aromatic rings. The van der Waals surface area contributed by atoms with Gasteiger partial charge in [0, 0.05) is 29.9 Å². The van der Waals surface area contributed by atoms with Crippen LogP contribution in [0.2, 0.25) is 0 Å². The largest absolute Gasteiger partial charge is 0.483 e. The van der Waals surface area contributed by atoms with Crippen LogP contribution in [0.15, 0.2) is 79.4 Å². The molecule has 0 bridgehead atoms. The number of aromatic amines is 1. The predicted octanol–water partition coefficient (Wildman–Crippen LogP) is 3.65. The Hall–Kier alpha value is -5.73. The van der Waals surface area contributed by atoms with Crippen LogP contribution in [-0.4, -0.2) is 75.0 Å². The third kappa shape index (κ3) is 11.1. The maximum absolute atomic E-state index is 15.7. The van der Waals surface area contributed by atoms with Crippen LogP contribution in [-0.2, 0) is 36.9 Å². The van der Waals surface area contributed by atoms with Gasteiger partial charge in [0.2, 0.25) is 17.6 Å². The van der Waals surface area contributed by atoms with Crippen molar-refractivity contribution in [3.8, 4) is 5.75 Å². The number of Topliss-reactive ketones (excluding diaryl/α,β-unsaturated/α-hetero) is 1. The molecule has 0 aliphatic rings. The summed E-state index contributed by atoms with van der Waals surface area (Å²) in [6.07, 6.45) is 4.30. The number of nitrogens with one attached hydrogen (secondary N) is 5. The van der Waals surface area contributed by atoms with E-state index in [9.17, 15) is 24.0 Å². The van der Waals surface area contributed by atoms with E-state index in [1.807, 2.05) is 30.3 Å². The van der Waals surface area contributed by atoms with E-state index < -0.39 is 66.0 Å². The number of hydrogen-bond acceptors (Lipinski definition) is 8. The number of ketones is 1. The fourth-order valence-electron chi connectivity index (χ4n) is 5.56. The number of carbonyl (C=O) groups is 5. The van der Waals surface area contributed by atoms with E-state index in [0.717, 1.165) is 10.8 Å². The van der Waals surface area contributed by atoms with Gasteiger partial charge < -0.3 is 31.0 Å². The maximum atomic E-state index is 15.7. The number of hydrogen-bond donors (Lipinski definition) is 5. The summed E-state index contributed by atoms with van der Waals surface area (Å²) in [5.74, 6) is -11.3. The minimum Gasteiger partial charge on any atom is -0.483 e. The first kappa shape index (κ1) is 40.0. The summed E-state index contributed by atoms with van der Waals surface area (Å²) < 4.78 is 37.2. The Morgan fingerprint density at radius 3 is 2.30 bits per heavy atom. The highest BCUT2D eigenvalue weighted by Gasteiger charge is 2.52. The molecule has 4 atom stereocenters. The quantitative estimate of drug-likeness (QED) is 0.0905. The summed E-state index contributed by atoms with van der Waals surface area (Å²) in [5, 5.41) is 11.2. The number of imidazole rings is 1. The number of fused-ring (bicyclic) bond motifs is 1. The van der Waals surface area contributed by atoms with Gasteiger partial charge in [-0.05, 0) is 41.8 Å². The number of H-pyrrole nitrogens is 1. The highest BCUT2D eigenvalue weighted by Crippen LogP contribution is 2.25. The van der Waals surface area contributed by atoms with Gasteiger partial charge in [-0.25, -0.2) is 4.98 Å². The van der Waals surface area contributed by atoms with Crippen molar-refractivity contribution in [3.05, 3.63) is 90.8 Å². The van der Waals surface area contributed by atoms with Gasteiger partial charge >= 0.3 is 5.92 Å². The zero-order valence-electron chi connectivity index (χ0n) is 30.0. The van der Waals surface area contributed by atoms with Crippen LogP contribution in [0.25, 0.3) is 10.8 Å². The average molecular weight is 734 g/mol. The van der Waals surface area contributed by atoms with Crippen molar-refractivity contribution in [3.63, 3.8) is 0 Å². The number of carbonyl (C=O) groups excluding carboxylic acids is 5. The molecule has 0 saturated carbocycles. The predicted molar refractivity (Wildman–Crippen MR) is 192 cm³/mol. The first-order chi connectivity index (χ1) is 25.3. The molecule has 0 aliphatic carbocycles. The molecule has 0 aliphatic heterocycles. The number of alkyl halides is 2. The standard InChI is InChI=1S/C38H45F2N7O6/c1-5-24(4)33(36(51)43-20-26-13-8-9-16-42-26)47-37(52)38(39,40)34(49)29(17-23(2)3)46-35(50)30(18-27-19-41-22-44-27)45-32(48)21-53-31-15-10-12-25-11-6-7-14-28(25)31/h6-16,19,22-24,29-30,33H,5,17-18,20-21H2,1-4H3,(H,41,44)(H,43,51)(H,45,48)(H,46,50)(H,47,52)/t24-,29-,30-,33-/m0/s1. The minimum absolute atomic E-state index is 0.00810. The molecule has 0 fully saturated rings. The Bertz CT molecular complexity index is 1850. The van der Waals surface area contributed by atoms with Crippen molar-refractivity contribution in [1.29, 1.82) is 0 Å². The first-order valence-electron chi connectivity index (χ1n) is 17.4. The summed E-state index contributed by atoms with van der Waals surface area (Å²) in [4.78, 5) is 77.2. The molecule has 0 saturated heterocycles. The summed E-state index contributed by atoms with van der Waals surface area (Å²) >= 11 is 0. The molecule has 13 nitrogen and oxygen atoms in total. The molecule has 15 heteroatoms. The number of nitrogens with zero attached hydrogens (tertiary/aromatic N) is 2.